The molecule has 0 aliphatic carbocycles. The van der Waals surface area contributed by atoms with Crippen LogP contribution in [0.25, 0.3) is 11.0 Å². The van der Waals surface area contributed by atoms with Crippen LogP contribution in [0.15, 0.2) is 24.3 Å². The fourth-order valence-electron chi connectivity index (χ4n) is 2.85. The quantitative estimate of drug-likeness (QED) is 0.848. The molecule has 0 saturated heterocycles. The number of likely N-dealkylation sites (N-methyl/N-ethyl adjacent to an activating group) is 1. The smallest absolute Gasteiger partial charge is 0.128 e. The van der Waals surface area contributed by atoms with Gasteiger partial charge in [-0.3, -0.25) is 4.90 Å². The zero-order valence-electron chi connectivity index (χ0n) is 12.7. The maximum atomic E-state index is 9.25. The van der Waals surface area contributed by atoms with Crippen molar-refractivity contribution >= 4 is 11.0 Å². The number of nitriles is 1. The molecular formula is C16H22N4O. The van der Waals surface area contributed by atoms with Gasteiger partial charge in [0.2, 0.25) is 0 Å². The van der Waals surface area contributed by atoms with E-state index in [0.717, 1.165) is 29.8 Å². The molecule has 1 unspecified atom stereocenters. The Hall–Kier alpha value is -1.90. The van der Waals surface area contributed by atoms with E-state index in [0.29, 0.717) is 13.1 Å². The van der Waals surface area contributed by atoms with Crippen LogP contribution in [0.2, 0.25) is 0 Å². The van der Waals surface area contributed by atoms with Gasteiger partial charge in [-0.2, -0.15) is 5.26 Å². The van der Waals surface area contributed by atoms with Crippen molar-refractivity contribution < 1.29 is 5.11 Å². The molecule has 5 heteroatoms. The van der Waals surface area contributed by atoms with E-state index in [1.54, 1.807) is 0 Å². The number of aliphatic hydroxyl groups is 1. The summed E-state index contributed by atoms with van der Waals surface area (Å²) in [6.45, 7) is 6.07. The molecule has 0 fully saturated rings. The van der Waals surface area contributed by atoms with Gasteiger partial charge in [-0.15, -0.1) is 0 Å². The van der Waals surface area contributed by atoms with Crippen LogP contribution in [0, 0.1) is 11.3 Å². The number of benzene rings is 1. The first-order chi connectivity index (χ1) is 10.3. The predicted molar refractivity (Wildman–Crippen MR) is 82.7 cm³/mol. The molecule has 1 aromatic heterocycles. The molecule has 0 aliphatic rings. The fraction of sp³-hybridized carbons (Fsp3) is 0.500. The van der Waals surface area contributed by atoms with Crippen LogP contribution < -0.4 is 0 Å². The number of hydrogen-bond donors (Lipinski definition) is 1. The van der Waals surface area contributed by atoms with Gasteiger partial charge < -0.3 is 9.67 Å². The average molecular weight is 286 g/mol. The zero-order chi connectivity index (χ0) is 15.2. The lowest BCUT2D eigenvalue weighted by Crippen LogP contribution is -2.32. The summed E-state index contributed by atoms with van der Waals surface area (Å²) in [6.07, 6.45) is 0.891. The third-order valence-corrected chi connectivity index (χ3v) is 3.83. The Balaban J connectivity index is 2.52. The SMILES string of the molecule is CCC(c1nc2ccccc2n1CC#N)N(CC)CCO. The molecule has 112 valence electrons. The number of nitrogens with zero attached hydrogens (tertiary/aromatic N) is 4. The number of hydrogen-bond acceptors (Lipinski definition) is 4. The van der Waals surface area contributed by atoms with E-state index in [2.05, 4.69) is 24.8 Å². The Bertz CT molecular complexity index is 629. The Morgan fingerprint density at radius 1 is 1.38 bits per heavy atom. The predicted octanol–water partition coefficient (Wildman–Crippen LogP) is 2.33. The summed E-state index contributed by atoms with van der Waals surface area (Å²) in [4.78, 5) is 6.95. The molecule has 0 spiro atoms. The molecule has 2 rings (SSSR count). The van der Waals surface area contributed by atoms with Crippen LogP contribution in [-0.2, 0) is 6.54 Å². The van der Waals surface area contributed by atoms with Gasteiger partial charge in [0.05, 0.1) is 29.8 Å². The van der Waals surface area contributed by atoms with Crippen molar-refractivity contribution in [2.24, 2.45) is 0 Å². The second kappa shape index (κ2) is 7.21. The zero-order valence-corrected chi connectivity index (χ0v) is 12.7. The van der Waals surface area contributed by atoms with Gasteiger partial charge in [0.25, 0.3) is 0 Å². The van der Waals surface area contributed by atoms with Crippen LogP contribution in [0.4, 0.5) is 0 Å². The minimum Gasteiger partial charge on any atom is -0.395 e. The van der Waals surface area contributed by atoms with E-state index >= 15 is 0 Å². The minimum absolute atomic E-state index is 0.114. The summed E-state index contributed by atoms with van der Waals surface area (Å²) >= 11 is 0. The first-order valence-corrected chi connectivity index (χ1v) is 7.43. The van der Waals surface area contributed by atoms with E-state index in [1.807, 2.05) is 28.8 Å². The molecule has 0 amide bonds. The third kappa shape index (κ3) is 3.07. The number of rotatable bonds is 7. The molecule has 0 saturated carbocycles. The highest BCUT2D eigenvalue weighted by Crippen LogP contribution is 2.27. The van der Waals surface area contributed by atoms with Crippen molar-refractivity contribution in [2.75, 3.05) is 19.7 Å². The van der Waals surface area contributed by atoms with Gasteiger partial charge in [0, 0.05) is 6.54 Å². The van der Waals surface area contributed by atoms with Gasteiger partial charge in [0.15, 0.2) is 0 Å². The number of aliphatic hydroxyl groups excluding tert-OH is 1. The van der Waals surface area contributed by atoms with Crippen LogP contribution in [0.5, 0.6) is 0 Å². The van der Waals surface area contributed by atoms with Gasteiger partial charge in [0.1, 0.15) is 12.4 Å². The minimum atomic E-state index is 0.114. The Labute approximate surface area is 125 Å². The van der Waals surface area contributed by atoms with Crippen LogP contribution in [0.1, 0.15) is 32.1 Å². The summed E-state index contributed by atoms with van der Waals surface area (Å²) in [5, 5.41) is 18.4. The molecule has 21 heavy (non-hydrogen) atoms. The maximum Gasteiger partial charge on any atom is 0.128 e. The lowest BCUT2D eigenvalue weighted by Gasteiger charge is -2.29. The lowest BCUT2D eigenvalue weighted by molar-refractivity contribution is 0.147. The number of imidazole rings is 1. The summed E-state index contributed by atoms with van der Waals surface area (Å²) in [6, 6.07) is 10.2. The van der Waals surface area contributed by atoms with Gasteiger partial charge in [-0.1, -0.05) is 26.0 Å². The second-order valence-electron chi connectivity index (χ2n) is 4.98. The van der Waals surface area contributed by atoms with E-state index in [4.69, 9.17) is 10.2 Å². The van der Waals surface area contributed by atoms with Crippen LogP contribution in [-0.4, -0.2) is 39.3 Å². The normalized spacial score (nSPS) is 12.7. The first-order valence-electron chi connectivity index (χ1n) is 7.43. The van der Waals surface area contributed by atoms with E-state index in [9.17, 15) is 5.11 Å². The standard InChI is InChI=1S/C16H22N4O/c1-3-14(19(4-2)11-12-21)16-18-13-7-5-6-8-15(13)20(16)10-9-17/h5-8,14,21H,3-4,10-12H2,1-2H3. The van der Waals surface area contributed by atoms with Gasteiger partial charge in [-0.25, -0.2) is 4.98 Å². The highest BCUT2D eigenvalue weighted by Gasteiger charge is 2.23. The average Bonchev–Trinajstić information content (AvgIpc) is 2.86. The highest BCUT2D eigenvalue weighted by molar-refractivity contribution is 5.76. The first kappa shape index (κ1) is 15.5. The summed E-state index contributed by atoms with van der Waals surface area (Å²) in [7, 11) is 0. The van der Waals surface area contributed by atoms with E-state index in [-0.39, 0.29) is 12.6 Å². The maximum absolute atomic E-state index is 9.25. The van der Waals surface area contributed by atoms with Crippen molar-refractivity contribution in [3.05, 3.63) is 30.1 Å². The Kier molecular flexibility index (Phi) is 5.32. The Morgan fingerprint density at radius 2 is 2.14 bits per heavy atom. The summed E-state index contributed by atoms with van der Waals surface area (Å²) in [5.74, 6) is 0.913. The monoisotopic (exact) mass is 286 g/mol. The molecule has 1 atom stereocenters. The van der Waals surface area contributed by atoms with E-state index < -0.39 is 0 Å². The molecule has 0 radical (unpaired) electrons. The molecule has 5 nitrogen and oxygen atoms in total. The van der Waals surface area contributed by atoms with Crippen molar-refractivity contribution in [1.29, 1.82) is 5.26 Å². The number of aromatic nitrogens is 2. The summed E-state index contributed by atoms with van der Waals surface area (Å²) < 4.78 is 1.99. The summed E-state index contributed by atoms with van der Waals surface area (Å²) in [5.41, 5.74) is 1.91. The van der Waals surface area contributed by atoms with Crippen molar-refractivity contribution in [2.45, 2.75) is 32.9 Å². The van der Waals surface area contributed by atoms with Crippen molar-refractivity contribution in [3.63, 3.8) is 0 Å². The molecule has 2 aromatic rings. The molecule has 0 bridgehead atoms. The van der Waals surface area contributed by atoms with Crippen LogP contribution in [0.3, 0.4) is 0 Å². The molecule has 1 N–H and O–H groups in total. The molecule has 1 aromatic carbocycles. The highest BCUT2D eigenvalue weighted by atomic mass is 16.3. The molecule has 0 aliphatic heterocycles. The fourth-order valence-corrected chi connectivity index (χ4v) is 2.85. The number of para-hydroxylation sites is 2. The Morgan fingerprint density at radius 3 is 2.76 bits per heavy atom. The van der Waals surface area contributed by atoms with Crippen molar-refractivity contribution in [3.8, 4) is 6.07 Å². The third-order valence-electron chi connectivity index (χ3n) is 3.83. The van der Waals surface area contributed by atoms with Gasteiger partial charge in [-0.05, 0) is 25.1 Å². The molecule has 1 heterocycles. The topological polar surface area (TPSA) is 65.1 Å². The molecular weight excluding hydrogens is 264 g/mol. The lowest BCUT2D eigenvalue weighted by atomic mass is 10.1. The van der Waals surface area contributed by atoms with Crippen molar-refractivity contribution in [1.82, 2.24) is 14.5 Å². The second-order valence-corrected chi connectivity index (χ2v) is 4.98. The van der Waals surface area contributed by atoms with Crippen LogP contribution >= 0.6 is 0 Å². The largest absolute Gasteiger partial charge is 0.395 e. The van der Waals surface area contributed by atoms with E-state index in [1.165, 1.54) is 0 Å². The number of fused-ring (bicyclic) bond motifs is 1. The van der Waals surface area contributed by atoms with Gasteiger partial charge >= 0.3 is 0 Å².